The molecule has 1 N–H and O–H groups in total. The van der Waals surface area contributed by atoms with Crippen molar-refractivity contribution < 1.29 is 14.7 Å². The van der Waals surface area contributed by atoms with Crippen LogP contribution in [0.4, 0.5) is 0 Å². The lowest BCUT2D eigenvalue weighted by molar-refractivity contribution is 0.0693. The number of carbonyl (C=O) groups excluding carboxylic acids is 1. The summed E-state index contributed by atoms with van der Waals surface area (Å²) < 4.78 is 0. The Balaban J connectivity index is 2.55. The van der Waals surface area contributed by atoms with Gasteiger partial charge in [0, 0.05) is 21.2 Å². The number of hydrogen-bond donors (Lipinski definition) is 1. The minimum atomic E-state index is -1.18. The summed E-state index contributed by atoms with van der Waals surface area (Å²) in [4.78, 5) is 23.4. The third-order valence-electron chi connectivity index (χ3n) is 2.54. The SMILES string of the molecule is O=C(O)c1ccc(Cl)cc1C(=O)c1cccc(Cl)c1. The van der Waals surface area contributed by atoms with Crippen LogP contribution in [0.25, 0.3) is 0 Å². The third kappa shape index (κ3) is 2.95. The van der Waals surface area contributed by atoms with E-state index in [9.17, 15) is 9.59 Å². The van der Waals surface area contributed by atoms with Crippen molar-refractivity contribution in [3.8, 4) is 0 Å². The smallest absolute Gasteiger partial charge is 0.336 e. The van der Waals surface area contributed by atoms with Gasteiger partial charge in [0.2, 0.25) is 0 Å². The lowest BCUT2D eigenvalue weighted by atomic mass is 9.98. The van der Waals surface area contributed by atoms with Crippen LogP contribution in [0.5, 0.6) is 0 Å². The number of halogens is 2. The highest BCUT2D eigenvalue weighted by Gasteiger charge is 2.18. The van der Waals surface area contributed by atoms with Crippen molar-refractivity contribution >= 4 is 35.0 Å². The molecule has 0 atom stereocenters. The van der Waals surface area contributed by atoms with E-state index in [-0.39, 0.29) is 11.1 Å². The van der Waals surface area contributed by atoms with Crippen molar-refractivity contribution in [3.05, 3.63) is 69.2 Å². The average molecular weight is 295 g/mol. The van der Waals surface area contributed by atoms with Crippen LogP contribution in [0.3, 0.4) is 0 Å². The van der Waals surface area contributed by atoms with E-state index in [4.69, 9.17) is 28.3 Å². The zero-order valence-corrected chi connectivity index (χ0v) is 11.1. The van der Waals surface area contributed by atoms with Crippen molar-refractivity contribution in [3.63, 3.8) is 0 Å². The van der Waals surface area contributed by atoms with Crippen LogP contribution in [0.1, 0.15) is 26.3 Å². The Bertz CT molecular complexity index is 665. The van der Waals surface area contributed by atoms with Gasteiger partial charge in [-0.1, -0.05) is 35.3 Å². The van der Waals surface area contributed by atoms with Crippen molar-refractivity contribution in [1.29, 1.82) is 0 Å². The summed E-state index contributed by atoms with van der Waals surface area (Å²) in [5.41, 5.74) is 0.272. The van der Waals surface area contributed by atoms with E-state index in [0.717, 1.165) is 0 Å². The Hall–Kier alpha value is -1.84. The largest absolute Gasteiger partial charge is 0.478 e. The van der Waals surface area contributed by atoms with Crippen molar-refractivity contribution in [2.24, 2.45) is 0 Å². The first-order valence-electron chi connectivity index (χ1n) is 5.32. The van der Waals surface area contributed by atoms with Gasteiger partial charge in [-0.25, -0.2) is 4.79 Å². The van der Waals surface area contributed by atoms with Gasteiger partial charge in [0.1, 0.15) is 0 Å². The second-order valence-corrected chi connectivity index (χ2v) is 4.71. The van der Waals surface area contributed by atoms with Gasteiger partial charge in [-0.05, 0) is 30.3 Å². The lowest BCUT2D eigenvalue weighted by Crippen LogP contribution is -2.09. The summed E-state index contributed by atoms with van der Waals surface area (Å²) in [6, 6.07) is 10.4. The monoisotopic (exact) mass is 294 g/mol. The maximum atomic E-state index is 12.3. The standard InChI is InChI=1S/C14H8Cl2O3/c15-9-3-1-2-8(6-9)13(17)12-7-10(16)4-5-11(12)14(18)19/h1-7H,(H,18,19). The quantitative estimate of drug-likeness (QED) is 0.873. The predicted molar refractivity (Wildman–Crippen MR) is 73.3 cm³/mol. The minimum Gasteiger partial charge on any atom is -0.478 e. The molecule has 2 aromatic carbocycles. The average Bonchev–Trinajstić information content (AvgIpc) is 2.37. The van der Waals surface area contributed by atoms with Gasteiger partial charge in [-0.2, -0.15) is 0 Å². The molecule has 0 aliphatic rings. The Morgan fingerprint density at radius 3 is 2.21 bits per heavy atom. The molecule has 0 heterocycles. The summed E-state index contributed by atoms with van der Waals surface area (Å²) in [5.74, 6) is -1.61. The molecule has 0 aliphatic carbocycles. The first kappa shape index (κ1) is 13.6. The zero-order valence-electron chi connectivity index (χ0n) is 9.56. The fraction of sp³-hybridized carbons (Fsp3) is 0. The van der Waals surface area contributed by atoms with Crippen LogP contribution >= 0.6 is 23.2 Å². The molecule has 0 saturated carbocycles. The van der Waals surface area contributed by atoms with Gasteiger partial charge in [0.15, 0.2) is 5.78 Å². The van der Waals surface area contributed by atoms with E-state index in [2.05, 4.69) is 0 Å². The minimum absolute atomic E-state index is 0.0438. The molecule has 0 radical (unpaired) electrons. The zero-order chi connectivity index (χ0) is 14.0. The molecular formula is C14H8Cl2O3. The molecule has 2 rings (SSSR count). The fourth-order valence-corrected chi connectivity index (χ4v) is 2.04. The number of ketones is 1. The van der Waals surface area contributed by atoms with E-state index in [1.165, 1.54) is 24.3 Å². The molecule has 3 nitrogen and oxygen atoms in total. The van der Waals surface area contributed by atoms with E-state index in [0.29, 0.717) is 15.6 Å². The molecule has 0 amide bonds. The van der Waals surface area contributed by atoms with Gasteiger partial charge in [-0.15, -0.1) is 0 Å². The number of hydrogen-bond acceptors (Lipinski definition) is 2. The first-order valence-corrected chi connectivity index (χ1v) is 6.08. The molecule has 0 aromatic heterocycles. The Labute approximate surface area is 119 Å². The van der Waals surface area contributed by atoms with Crippen LogP contribution in [-0.2, 0) is 0 Å². The van der Waals surface area contributed by atoms with E-state index >= 15 is 0 Å². The Morgan fingerprint density at radius 1 is 0.895 bits per heavy atom. The second kappa shape index (κ2) is 5.43. The number of carboxylic acids is 1. The second-order valence-electron chi connectivity index (χ2n) is 3.83. The molecule has 0 aliphatic heterocycles. The Kier molecular flexibility index (Phi) is 3.88. The molecule has 96 valence electrons. The van der Waals surface area contributed by atoms with E-state index in [1.807, 2.05) is 0 Å². The number of carbonyl (C=O) groups is 2. The molecule has 19 heavy (non-hydrogen) atoms. The van der Waals surface area contributed by atoms with E-state index < -0.39 is 11.8 Å². The number of aromatic carboxylic acids is 1. The summed E-state index contributed by atoms with van der Waals surface area (Å²) in [6.07, 6.45) is 0. The van der Waals surface area contributed by atoms with Crippen molar-refractivity contribution in [2.45, 2.75) is 0 Å². The van der Waals surface area contributed by atoms with Crippen LogP contribution < -0.4 is 0 Å². The summed E-state index contributed by atoms with van der Waals surface area (Å²) in [5, 5.41) is 9.79. The molecule has 5 heteroatoms. The molecule has 0 fully saturated rings. The number of rotatable bonds is 3. The normalized spacial score (nSPS) is 10.2. The summed E-state index contributed by atoms with van der Waals surface area (Å²) in [6.45, 7) is 0. The van der Waals surface area contributed by atoms with Crippen molar-refractivity contribution in [2.75, 3.05) is 0 Å². The van der Waals surface area contributed by atoms with Crippen LogP contribution in [0.2, 0.25) is 10.0 Å². The highest BCUT2D eigenvalue weighted by atomic mass is 35.5. The van der Waals surface area contributed by atoms with Gasteiger partial charge in [0.25, 0.3) is 0 Å². The van der Waals surface area contributed by atoms with Gasteiger partial charge < -0.3 is 5.11 Å². The highest BCUT2D eigenvalue weighted by Crippen LogP contribution is 2.21. The topological polar surface area (TPSA) is 54.4 Å². The lowest BCUT2D eigenvalue weighted by Gasteiger charge is -2.06. The predicted octanol–water partition coefficient (Wildman–Crippen LogP) is 3.92. The third-order valence-corrected chi connectivity index (χ3v) is 3.01. The molecule has 2 aromatic rings. The summed E-state index contributed by atoms with van der Waals surface area (Å²) >= 11 is 11.6. The van der Waals surface area contributed by atoms with Gasteiger partial charge in [-0.3, -0.25) is 4.79 Å². The van der Waals surface area contributed by atoms with Crippen LogP contribution in [0, 0.1) is 0 Å². The van der Waals surface area contributed by atoms with Crippen LogP contribution in [-0.4, -0.2) is 16.9 Å². The fourth-order valence-electron chi connectivity index (χ4n) is 1.68. The number of carboxylic acid groups (broad SMARTS) is 1. The van der Waals surface area contributed by atoms with E-state index in [1.54, 1.807) is 18.2 Å². The maximum absolute atomic E-state index is 12.3. The molecule has 0 bridgehead atoms. The Morgan fingerprint density at radius 2 is 1.58 bits per heavy atom. The molecule has 0 saturated heterocycles. The molecular weight excluding hydrogens is 287 g/mol. The van der Waals surface area contributed by atoms with Gasteiger partial charge in [0.05, 0.1) is 5.56 Å². The maximum Gasteiger partial charge on any atom is 0.336 e. The molecule has 0 spiro atoms. The first-order chi connectivity index (χ1) is 8.99. The van der Waals surface area contributed by atoms with Crippen LogP contribution in [0.15, 0.2) is 42.5 Å². The summed E-state index contributed by atoms with van der Waals surface area (Å²) in [7, 11) is 0. The highest BCUT2D eigenvalue weighted by molar-refractivity contribution is 6.32. The molecule has 0 unspecified atom stereocenters. The van der Waals surface area contributed by atoms with Gasteiger partial charge >= 0.3 is 5.97 Å². The number of benzene rings is 2. The van der Waals surface area contributed by atoms with Crippen molar-refractivity contribution in [1.82, 2.24) is 0 Å².